The van der Waals surface area contributed by atoms with Crippen molar-refractivity contribution in [2.45, 2.75) is 19.5 Å². The molecular formula is C19H25N3O2S. The predicted octanol–water partition coefficient (Wildman–Crippen LogP) is 3.35. The van der Waals surface area contributed by atoms with Crippen LogP contribution in [0, 0.1) is 0 Å². The van der Waals surface area contributed by atoms with Gasteiger partial charge in [0.25, 0.3) is 0 Å². The average molecular weight is 359 g/mol. The van der Waals surface area contributed by atoms with Crippen LogP contribution in [0.25, 0.3) is 0 Å². The van der Waals surface area contributed by atoms with E-state index in [-0.39, 0.29) is 12.1 Å². The van der Waals surface area contributed by atoms with Crippen LogP contribution < -0.4 is 10.1 Å². The van der Waals surface area contributed by atoms with Crippen LogP contribution in [0.1, 0.15) is 23.4 Å². The van der Waals surface area contributed by atoms with Gasteiger partial charge in [-0.2, -0.15) is 0 Å². The molecule has 1 N–H and O–H groups in total. The molecule has 0 saturated carbocycles. The van der Waals surface area contributed by atoms with E-state index in [2.05, 4.69) is 22.3 Å². The van der Waals surface area contributed by atoms with Gasteiger partial charge in [-0.25, -0.2) is 4.79 Å². The number of benzene rings is 1. The molecule has 1 aliphatic heterocycles. The lowest BCUT2D eigenvalue weighted by Crippen LogP contribution is -2.51. The van der Waals surface area contributed by atoms with Crippen LogP contribution in [0.3, 0.4) is 0 Å². The fourth-order valence-electron chi connectivity index (χ4n) is 3.07. The van der Waals surface area contributed by atoms with Gasteiger partial charge in [0.15, 0.2) is 0 Å². The maximum absolute atomic E-state index is 12.5. The number of rotatable bonds is 5. The maximum atomic E-state index is 12.5. The first-order valence-electron chi connectivity index (χ1n) is 8.60. The minimum absolute atomic E-state index is 0.0258. The van der Waals surface area contributed by atoms with Crippen LogP contribution in [0.4, 0.5) is 4.79 Å². The summed E-state index contributed by atoms with van der Waals surface area (Å²) >= 11 is 1.67. The van der Waals surface area contributed by atoms with E-state index < -0.39 is 0 Å². The van der Waals surface area contributed by atoms with Gasteiger partial charge >= 0.3 is 6.03 Å². The number of nitrogens with one attached hydrogen (secondary N) is 1. The van der Waals surface area contributed by atoms with Crippen LogP contribution >= 0.6 is 11.3 Å². The number of urea groups is 1. The first kappa shape index (κ1) is 17.8. The van der Waals surface area contributed by atoms with Gasteiger partial charge in [0.05, 0.1) is 13.2 Å². The predicted molar refractivity (Wildman–Crippen MR) is 101 cm³/mol. The standard InChI is InChI=1S/C19H25N3O2S/c1-15(18-8-5-13-25-18)20-19(23)22-11-9-21(10-12-22)14-16-6-3-4-7-17(16)24-2/h3-8,13,15H,9-12,14H2,1-2H3,(H,20,23). The van der Waals surface area contributed by atoms with Crippen molar-refractivity contribution in [2.24, 2.45) is 0 Å². The molecule has 134 valence electrons. The Balaban J connectivity index is 1.49. The number of carbonyl (C=O) groups excluding carboxylic acids is 1. The molecule has 2 amide bonds. The van der Waals surface area contributed by atoms with Crippen molar-refractivity contribution < 1.29 is 9.53 Å². The minimum Gasteiger partial charge on any atom is -0.496 e. The molecule has 0 spiro atoms. The molecule has 1 aliphatic rings. The average Bonchev–Trinajstić information content (AvgIpc) is 3.17. The Labute approximate surface area is 153 Å². The van der Waals surface area contributed by atoms with Gasteiger partial charge in [0.1, 0.15) is 5.75 Å². The second kappa shape index (κ2) is 8.36. The summed E-state index contributed by atoms with van der Waals surface area (Å²) in [5, 5.41) is 5.13. The molecular weight excluding hydrogens is 334 g/mol. The van der Waals surface area contributed by atoms with Crippen molar-refractivity contribution >= 4 is 17.4 Å². The van der Waals surface area contributed by atoms with E-state index in [0.29, 0.717) is 0 Å². The summed E-state index contributed by atoms with van der Waals surface area (Å²) in [6, 6.07) is 12.3. The third-order valence-electron chi connectivity index (χ3n) is 4.56. The Morgan fingerprint density at radius 2 is 1.96 bits per heavy atom. The first-order valence-corrected chi connectivity index (χ1v) is 9.48. The number of hydrogen-bond acceptors (Lipinski definition) is 4. The highest BCUT2D eigenvalue weighted by Gasteiger charge is 2.23. The molecule has 25 heavy (non-hydrogen) atoms. The molecule has 1 unspecified atom stereocenters. The highest BCUT2D eigenvalue weighted by atomic mass is 32.1. The molecule has 2 heterocycles. The molecule has 5 nitrogen and oxygen atoms in total. The van der Waals surface area contributed by atoms with Crippen molar-refractivity contribution in [3.63, 3.8) is 0 Å². The molecule has 1 aromatic carbocycles. The molecule has 0 bridgehead atoms. The Bertz CT molecular complexity index is 682. The van der Waals surface area contributed by atoms with Gasteiger partial charge in [-0.1, -0.05) is 24.3 Å². The quantitative estimate of drug-likeness (QED) is 0.890. The van der Waals surface area contributed by atoms with Crippen molar-refractivity contribution in [1.29, 1.82) is 0 Å². The zero-order chi connectivity index (χ0) is 17.6. The topological polar surface area (TPSA) is 44.8 Å². The van der Waals surface area contributed by atoms with Crippen molar-refractivity contribution in [2.75, 3.05) is 33.3 Å². The van der Waals surface area contributed by atoms with Crippen molar-refractivity contribution in [1.82, 2.24) is 15.1 Å². The third kappa shape index (κ3) is 4.52. The number of piperazine rings is 1. The molecule has 2 aromatic rings. The van der Waals surface area contributed by atoms with E-state index in [9.17, 15) is 4.79 Å². The molecule has 0 radical (unpaired) electrons. The van der Waals surface area contributed by atoms with Gasteiger partial charge in [-0.05, 0) is 24.4 Å². The van der Waals surface area contributed by atoms with E-state index in [1.54, 1.807) is 18.4 Å². The lowest BCUT2D eigenvalue weighted by molar-refractivity contribution is 0.133. The number of nitrogens with zero attached hydrogens (tertiary/aromatic N) is 2. The fourth-order valence-corrected chi connectivity index (χ4v) is 3.80. The Morgan fingerprint density at radius 3 is 2.64 bits per heavy atom. The smallest absolute Gasteiger partial charge is 0.317 e. The summed E-state index contributed by atoms with van der Waals surface area (Å²) in [5.74, 6) is 0.924. The van der Waals surface area contributed by atoms with Crippen LogP contribution in [0.5, 0.6) is 5.75 Å². The number of carbonyl (C=O) groups is 1. The molecule has 6 heteroatoms. The van der Waals surface area contributed by atoms with E-state index >= 15 is 0 Å². The van der Waals surface area contributed by atoms with Gasteiger partial charge < -0.3 is 15.0 Å². The Morgan fingerprint density at radius 1 is 1.20 bits per heavy atom. The zero-order valence-corrected chi connectivity index (χ0v) is 15.6. The lowest BCUT2D eigenvalue weighted by Gasteiger charge is -2.35. The summed E-state index contributed by atoms with van der Waals surface area (Å²) in [4.78, 5) is 17.9. The molecule has 1 aromatic heterocycles. The Hall–Kier alpha value is -2.05. The monoisotopic (exact) mass is 359 g/mol. The molecule has 1 fully saturated rings. The molecule has 1 saturated heterocycles. The number of para-hydroxylation sites is 1. The van der Waals surface area contributed by atoms with Crippen LogP contribution in [-0.2, 0) is 6.54 Å². The summed E-state index contributed by atoms with van der Waals surface area (Å²) in [6.45, 7) is 6.13. The highest BCUT2D eigenvalue weighted by molar-refractivity contribution is 7.10. The van der Waals surface area contributed by atoms with Gasteiger partial charge in [0.2, 0.25) is 0 Å². The Kier molecular flexibility index (Phi) is 5.94. The lowest BCUT2D eigenvalue weighted by atomic mass is 10.1. The zero-order valence-electron chi connectivity index (χ0n) is 14.8. The second-order valence-corrected chi connectivity index (χ2v) is 7.24. The molecule has 1 atom stereocenters. The minimum atomic E-state index is 0.0258. The summed E-state index contributed by atoms with van der Waals surface area (Å²) < 4.78 is 5.43. The van der Waals surface area contributed by atoms with Crippen molar-refractivity contribution in [3.8, 4) is 5.75 Å². The second-order valence-electron chi connectivity index (χ2n) is 6.26. The SMILES string of the molecule is COc1ccccc1CN1CCN(C(=O)NC(C)c2cccs2)CC1. The fraction of sp³-hybridized carbons (Fsp3) is 0.421. The maximum Gasteiger partial charge on any atom is 0.317 e. The number of thiophene rings is 1. The molecule has 3 rings (SSSR count). The number of ether oxygens (including phenoxy) is 1. The van der Waals surface area contributed by atoms with Crippen molar-refractivity contribution in [3.05, 3.63) is 52.2 Å². The normalized spacial score (nSPS) is 16.5. The highest BCUT2D eigenvalue weighted by Crippen LogP contribution is 2.21. The van der Waals surface area contributed by atoms with Gasteiger partial charge in [0, 0.05) is 43.2 Å². The van der Waals surface area contributed by atoms with E-state index in [4.69, 9.17) is 4.74 Å². The number of hydrogen-bond donors (Lipinski definition) is 1. The van der Waals surface area contributed by atoms with Crippen LogP contribution in [0.2, 0.25) is 0 Å². The number of methoxy groups -OCH3 is 1. The van der Waals surface area contributed by atoms with E-state index in [1.807, 2.05) is 41.5 Å². The first-order chi connectivity index (χ1) is 12.2. The summed E-state index contributed by atoms with van der Waals surface area (Å²) in [7, 11) is 1.70. The van der Waals surface area contributed by atoms with Gasteiger partial charge in [-0.3, -0.25) is 4.90 Å². The van der Waals surface area contributed by atoms with E-state index in [0.717, 1.165) is 38.5 Å². The summed E-state index contributed by atoms with van der Waals surface area (Å²) in [5.41, 5.74) is 1.19. The third-order valence-corrected chi connectivity index (χ3v) is 5.61. The summed E-state index contributed by atoms with van der Waals surface area (Å²) in [6.07, 6.45) is 0. The largest absolute Gasteiger partial charge is 0.496 e. The van der Waals surface area contributed by atoms with E-state index in [1.165, 1.54) is 10.4 Å². The van der Waals surface area contributed by atoms with Crippen LogP contribution in [-0.4, -0.2) is 49.1 Å². The van der Waals surface area contributed by atoms with Gasteiger partial charge in [-0.15, -0.1) is 11.3 Å². The number of amides is 2. The van der Waals surface area contributed by atoms with Crippen LogP contribution in [0.15, 0.2) is 41.8 Å². The molecule has 0 aliphatic carbocycles.